The number of aliphatic hydroxyl groups is 1. The number of hydrogen-bond donors (Lipinski definition) is 3. The molecule has 0 aromatic heterocycles. The lowest BCUT2D eigenvalue weighted by atomic mass is 9.95. The molecule has 8 heteroatoms. The Morgan fingerprint density at radius 1 is 1.25 bits per heavy atom. The van der Waals surface area contributed by atoms with E-state index in [0.717, 1.165) is 18.4 Å². The Bertz CT molecular complexity index is 673. The molecule has 1 aromatic carbocycles. The summed E-state index contributed by atoms with van der Waals surface area (Å²) in [7, 11) is 0. The zero-order valence-corrected chi connectivity index (χ0v) is 16.4. The molecule has 2 fully saturated rings. The third-order valence-corrected chi connectivity index (χ3v) is 5.07. The van der Waals surface area contributed by atoms with Crippen LogP contribution in [-0.2, 0) is 14.3 Å². The molecule has 0 bridgehead atoms. The molecular weight excluding hydrogens is 362 g/mol. The average molecular weight is 391 g/mol. The van der Waals surface area contributed by atoms with Crippen molar-refractivity contribution >= 4 is 17.6 Å². The van der Waals surface area contributed by atoms with E-state index < -0.39 is 12.1 Å². The molecule has 1 aromatic rings. The van der Waals surface area contributed by atoms with E-state index in [0.29, 0.717) is 18.9 Å². The molecule has 3 amide bonds. The quantitative estimate of drug-likeness (QED) is 0.709. The minimum atomic E-state index is -0.438. The summed E-state index contributed by atoms with van der Waals surface area (Å²) >= 11 is 0. The van der Waals surface area contributed by atoms with Crippen LogP contribution in [-0.4, -0.2) is 66.5 Å². The normalized spacial score (nSPS) is 23.7. The van der Waals surface area contributed by atoms with Crippen molar-refractivity contribution in [3.05, 3.63) is 29.8 Å². The molecule has 3 rings (SSSR count). The van der Waals surface area contributed by atoms with Crippen LogP contribution in [0.4, 0.5) is 10.5 Å². The SMILES string of the molecule is CC(C)NC(=O)Nc1ccc(C2OCC(=O)N(C3CCOCC3)C2CO)cc1. The summed E-state index contributed by atoms with van der Waals surface area (Å²) in [6.07, 6.45) is 1.12. The number of aliphatic hydroxyl groups excluding tert-OH is 1. The molecule has 0 saturated carbocycles. The Hall–Kier alpha value is -2.16. The molecule has 154 valence electrons. The van der Waals surface area contributed by atoms with E-state index in [-0.39, 0.29) is 37.2 Å². The first kappa shape index (κ1) is 20.6. The van der Waals surface area contributed by atoms with Crippen molar-refractivity contribution in [2.24, 2.45) is 0 Å². The molecule has 2 aliphatic heterocycles. The summed E-state index contributed by atoms with van der Waals surface area (Å²) in [5, 5.41) is 15.6. The summed E-state index contributed by atoms with van der Waals surface area (Å²) in [6, 6.07) is 6.71. The molecule has 8 nitrogen and oxygen atoms in total. The van der Waals surface area contributed by atoms with Gasteiger partial charge in [-0.3, -0.25) is 4.79 Å². The standard InChI is InChI=1S/C20H29N3O5/c1-13(2)21-20(26)22-15-5-3-14(4-6-15)19-17(11-24)23(18(25)12-28-19)16-7-9-27-10-8-16/h3-6,13,16-17,19,24H,7-12H2,1-2H3,(H2,21,22,26). The number of carbonyl (C=O) groups is 2. The van der Waals surface area contributed by atoms with Crippen LogP contribution in [0.1, 0.15) is 38.4 Å². The topological polar surface area (TPSA) is 100 Å². The number of nitrogens with zero attached hydrogens (tertiary/aromatic N) is 1. The molecule has 0 radical (unpaired) electrons. The van der Waals surface area contributed by atoms with Gasteiger partial charge in [-0.05, 0) is 44.4 Å². The zero-order valence-electron chi connectivity index (χ0n) is 16.4. The van der Waals surface area contributed by atoms with Crippen LogP contribution < -0.4 is 10.6 Å². The highest BCUT2D eigenvalue weighted by atomic mass is 16.5. The Morgan fingerprint density at radius 3 is 2.54 bits per heavy atom. The van der Waals surface area contributed by atoms with Crippen LogP contribution in [0.25, 0.3) is 0 Å². The number of rotatable bonds is 5. The van der Waals surface area contributed by atoms with Gasteiger partial charge in [-0.15, -0.1) is 0 Å². The Labute approximate surface area is 165 Å². The van der Waals surface area contributed by atoms with Crippen molar-refractivity contribution in [1.29, 1.82) is 0 Å². The van der Waals surface area contributed by atoms with Crippen molar-refractivity contribution in [1.82, 2.24) is 10.2 Å². The summed E-state index contributed by atoms with van der Waals surface area (Å²) in [5.41, 5.74) is 1.52. The Morgan fingerprint density at radius 2 is 1.93 bits per heavy atom. The van der Waals surface area contributed by atoms with Gasteiger partial charge in [-0.2, -0.15) is 0 Å². The maximum atomic E-state index is 12.5. The second-order valence-electron chi connectivity index (χ2n) is 7.50. The van der Waals surface area contributed by atoms with Crippen molar-refractivity contribution in [2.75, 3.05) is 31.7 Å². The first-order chi connectivity index (χ1) is 13.5. The average Bonchev–Trinajstić information content (AvgIpc) is 2.68. The molecule has 2 atom stereocenters. The van der Waals surface area contributed by atoms with E-state index >= 15 is 0 Å². The van der Waals surface area contributed by atoms with Crippen molar-refractivity contribution in [3.8, 4) is 0 Å². The molecule has 2 saturated heterocycles. The highest BCUT2D eigenvalue weighted by Crippen LogP contribution is 2.33. The molecule has 3 N–H and O–H groups in total. The lowest BCUT2D eigenvalue weighted by Gasteiger charge is -2.45. The highest BCUT2D eigenvalue weighted by molar-refractivity contribution is 5.89. The molecule has 2 unspecified atom stereocenters. The predicted octanol–water partition coefficient (Wildman–Crippen LogP) is 1.66. The molecular formula is C20H29N3O5. The fourth-order valence-corrected chi connectivity index (χ4v) is 3.80. The first-order valence-electron chi connectivity index (χ1n) is 9.78. The predicted molar refractivity (Wildman–Crippen MR) is 104 cm³/mol. The van der Waals surface area contributed by atoms with Crippen LogP contribution in [0, 0.1) is 0 Å². The van der Waals surface area contributed by atoms with Gasteiger partial charge in [0.05, 0.1) is 12.6 Å². The number of urea groups is 1. The largest absolute Gasteiger partial charge is 0.394 e. The summed E-state index contributed by atoms with van der Waals surface area (Å²) in [4.78, 5) is 26.1. The minimum absolute atomic E-state index is 0.00464. The maximum absolute atomic E-state index is 12.5. The van der Waals surface area contributed by atoms with Crippen molar-refractivity contribution < 1.29 is 24.2 Å². The third kappa shape index (κ3) is 4.81. The van der Waals surface area contributed by atoms with Gasteiger partial charge in [0.15, 0.2) is 0 Å². The van der Waals surface area contributed by atoms with E-state index in [2.05, 4.69) is 10.6 Å². The van der Waals surface area contributed by atoms with Gasteiger partial charge in [-0.25, -0.2) is 4.79 Å². The number of amides is 3. The number of benzene rings is 1. The van der Waals surface area contributed by atoms with Gasteiger partial charge in [0.2, 0.25) is 5.91 Å². The molecule has 0 aliphatic carbocycles. The van der Waals surface area contributed by atoms with Gasteiger partial charge in [-0.1, -0.05) is 12.1 Å². The second-order valence-corrected chi connectivity index (χ2v) is 7.50. The van der Waals surface area contributed by atoms with E-state index in [1.807, 2.05) is 26.0 Å². The molecule has 28 heavy (non-hydrogen) atoms. The van der Waals surface area contributed by atoms with Crippen LogP contribution in [0.3, 0.4) is 0 Å². The smallest absolute Gasteiger partial charge is 0.319 e. The zero-order chi connectivity index (χ0) is 20.1. The second kappa shape index (κ2) is 9.36. The van der Waals surface area contributed by atoms with Crippen LogP contribution in [0.15, 0.2) is 24.3 Å². The van der Waals surface area contributed by atoms with Gasteiger partial charge in [0, 0.05) is 31.0 Å². The van der Waals surface area contributed by atoms with Crippen LogP contribution in [0.2, 0.25) is 0 Å². The fourth-order valence-electron chi connectivity index (χ4n) is 3.80. The number of morpholine rings is 1. The van der Waals surface area contributed by atoms with E-state index in [9.17, 15) is 14.7 Å². The van der Waals surface area contributed by atoms with Gasteiger partial charge >= 0.3 is 6.03 Å². The fraction of sp³-hybridized carbons (Fsp3) is 0.600. The molecule has 2 heterocycles. The Balaban J connectivity index is 1.72. The van der Waals surface area contributed by atoms with Crippen LogP contribution in [0.5, 0.6) is 0 Å². The number of ether oxygens (including phenoxy) is 2. The summed E-state index contributed by atoms with van der Waals surface area (Å²) in [5.74, 6) is -0.0918. The maximum Gasteiger partial charge on any atom is 0.319 e. The monoisotopic (exact) mass is 391 g/mol. The number of hydrogen-bond acceptors (Lipinski definition) is 5. The van der Waals surface area contributed by atoms with Crippen LogP contribution >= 0.6 is 0 Å². The summed E-state index contributed by atoms with van der Waals surface area (Å²) < 4.78 is 11.2. The number of anilines is 1. The molecule has 0 spiro atoms. The van der Waals surface area contributed by atoms with Crippen molar-refractivity contribution in [3.63, 3.8) is 0 Å². The first-order valence-corrected chi connectivity index (χ1v) is 9.78. The van der Waals surface area contributed by atoms with E-state index in [1.165, 1.54) is 0 Å². The number of nitrogens with one attached hydrogen (secondary N) is 2. The molecule has 2 aliphatic rings. The van der Waals surface area contributed by atoms with E-state index in [4.69, 9.17) is 9.47 Å². The lowest BCUT2D eigenvalue weighted by Crippen LogP contribution is -2.57. The lowest BCUT2D eigenvalue weighted by molar-refractivity contribution is -0.168. The Kier molecular flexibility index (Phi) is 6.88. The van der Waals surface area contributed by atoms with Crippen molar-refractivity contribution in [2.45, 2.75) is 50.9 Å². The highest BCUT2D eigenvalue weighted by Gasteiger charge is 2.41. The van der Waals surface area contributed by atoms with E-state index in [1.54, 1.807) is 17.0 Å². The van der Waals surface area contributed by atoms with Gasteiger partial charge < -0.3 is 30.1 Å². The number of carbonyl (C=O) groups excluding carboxylic acids is 2. The third-order valence-electron chi connectivity index (χ3n) is 5.07. The summed E-state index contributed by atoms with van der Waals surface area (Å²) in [6.45, 7) is 4.85. The van der Waals surface area contributed by atoms with Gasteiger partial charge in [0.1, 0.15) is 12.7 Å². The van der Waals surface area contributed by atoms with Gasteiger partial charge in [0.25, 0.3) is 0 Å². The minimum Gasteiger partial charge on any atom is -0.394 e.